The molecule has 0 heterocycles. The van der Waals surface area contributed by atoms with E-state index in [-0.39, 0.29) is 12.1 Å². The summed E-state index contributed by atoms with van der Waals surface area (Å²) in [6, 6.07) is 0. The Bertz CT molecular complexity index is 408. The van der Waals surface area contributed by atoms with E-state index in [2.05, 4.69) is 0 Å². The smallest absolute Gasteiger partial charge is 0.326 e. The summed E-state index contributed by atoms with van der Waals surface area (Å²) >= 11 is 5.75. The molecule has 156 valence electrons. The standard InChI is InChI=1S/C9H15ClO2.C5H10O.C4H9NO2.H3N/c1-9(2,10)8(11)12-6-7-4-3-5-7;6-4-5-2-1-3-5;1-4(2,5)3(6)7;/h7H,3-6H2,1-2H3;5-6H,1-4H2;5H2,1-2H3,(H,6,7);1H3. The maximum atomic E-state index is 11.2. The SMILES string of the molecule is CC(C)(Cl)C(=O)OCC1CCC1.CC(C)(N)C(=O)O.N.OCC1CCC1. The first-order valence-corrected chi connectivity index (χ1v) is 9.25. The van der Waals surface area contributed by atoms with Crippen LogP contribution in [-0.2, 0) is 14.3 Å². The summed E-state index contributed by atoms with van der Waals surface area (Å²) in [6.45, 7) is 7.15. The fraction of sp³-hybridized carbons (Fsp3) is 0.889. The molecule has 8 heteroatoms. The Morgan fingerprint density at radius 3 is 1.62 bits per heavy atom. The van der Waals surface area contributed by atoms with Gasteiger partial charge in [-0.2, -0.15) is 0 Å². The van der Waals surface area contributed by atoms with Gasteiger partial charge in [-0.3, -0.25) is 9.59 Å². The highest BCUT2D eigenvalue weighted by Gasteiger charge is 2.28. The van der Waals surface area contributed by atoms with Crippen molar-refractivity contribution < 1.29 is 24.5 Å². The first kappa shape index (κ1) is 27.3. The summed E-state index contributed by atoms with van der Waals surface area (Å²) in [5.74, 6) is -0.0264. The van der Waals surface area contributed by atoms with Crippen molar-refractivity contribution in [2.45, 2.75) is 76.6 Å². The van der Waals surface area contributed by atoms with Crippen molar-refractivity contribution in [2.75, 3.05) is 13.2 Å². The Morgan fingerprint density at radius 1 is 1.08 bits per heavy atom. The van der Waals surface area contributed by atoms with Gasteiger partial charge in [0.05, 0.1) is 6.61 Å². The zero-order valence-electron chi connectivity index (χ0n) is 16.6. The molecule has 2 fully saturated rings. The van der Waals surface area contributed by atoms with Crippen LogP contribution in [0.1, 0.15) is 66.2 Å². The van der Waals surface area contributed by atoms with Crippen LogP contribution in [0.2, 0.25) is 0 Å². The number of carboxylic acids is 1. The van der Waals surface area contributed by atoms with E-state index in [0.29, 0.717) is 25.0 Å². The van der Waals surface area contributed by atoms with Crippen molar-refractivity contribution >= 4 is 23.5 Å². The Morgan fingerprint density at radius 2 is 1.46 bits per heavy atom. The molecule has 7 N–H and O–H groups in total. The summed E-state index contributed by atoms with van der Waals surface area (Å²) < 4.78 is 5.04. The molecule has 0 spiro atoms. The molecule has 0 aromatic heterocycles. The number of aliphatic hydroxyl groups excluding tert-OH is 1. The molecule has 0 atom stereocenters. The van der Waals surface area contributed by atoms with Gasteiger partial charge < -0.3 is 26.8 Å². The fourth-order valence-electron chi connectivity index (χ4n) is 1.70. The van der Waals surface area contributed by atoms with E-state index >= 15 is 0 Å². The van der Waals surface area contributed by atoms with Crippen LogP contribution in [0.3, 0.4) is 0 Å². The molecule has 2 rings (SSSR count). The van der Waals surface area contributed by atoms with Crippen LogP contribution in [0.5, 0.6) is 0 Å². The molecule has 0 saturated heterocycles. The Kier molecular flexibility index (Phi) is 13.1. The number of aliphatic carboxylic acids is 1. The molecule has 0 bridgehead atoms. The van der Waals surface area contributed by atoms with Gasteiger partial charge in [-0.05, 0) is 65.2 Å². The predicted octanol–water partition coefficient (Wildman–Crippen LogP) is 3.10. The second kappa shape index (κ2) is 12.5. The average molecular weight is 397 g/mol. The number of esters is 1. The van der Waals surface area contributed by atoms with Gasteiger partial charge in [0.15, 0.2) is 0 Å². The lowest BCUT2D eigenvalue weighted by atomic mass is 9.86. The number of rotatable bonds is 5. The molecular weight excluding hydrogens is 360 g/mol. The normalized spacial score (nSPS) is 17.0. The lowest BCUT2D eigenvalue weighted by Gasteiger charge is -2.25. The van der Waals surface area contributed by atoms with Crippen LogP contribution >= 0.6 is 11.6 Å². The molecule has 7 nitrogen and oxygen atoms in total. The third-order valence-electron chi connectivity index (χ3n) is 4.19. The Labute approximate surface area is 162 Å². The summed E-state index contributed by atoms with van der Waals surface area (Å²) in [4.78, 5) is 20.2. The van der Waals surface area contributed by atoms with Crippen LogP contribution in [0.25, 0.3) is 0 Å². The second-order valence-corrected chi connectivity index (χ2v) is 8.82. The average Bonchev–Trinajstić information content (AvgIpc) is 2.34. The minimum atomic E-state index is -1.08. The van der Waals surface area contributed by atoms with E-state index < -0.39 is 16.4 Å². The van der Waals surface area contributed by atoms with Crippen LogP contribution < -0.4 is 11.9 Å². The largest absolute Gasteiger partial charge is 0.480 e. The van der Waals surface area contributed by atoms with Crippen LogP contribution in [0.4, 0.5) is 0 Å². The van der Waals surface area contributed by atoms with Gasteiger partial charge in [-0.1, -0.05) is 12.8 Å². The number of hydrogen-bond donors (Lipinski definition) is 4. The molecule has 0 radical (unpaired) electrons. The van der Waals surface area contributed by atoms with Crippen molar-refractivity contribution in [3.8, 4) is 0 Å². The Balaban J connectivity index is 0. The lowest BCUT2D eigenvalue weighted by molar-refractivity contribution is -0.148. The van der Waals surface area contributed by atoms with E-state index in [1.165, 1.54) is 52.4 Å². The second-order valence-electron chi connectivity index (χ2n) is 7.87. The zero-order valence-corrected chi connectivity index (χ0v) is 17.3. The number of alkyl halides is 1. The molecular formula is C18H37ClN2O5. The van der Waals surface area contributed by atoms with E-state index in [9.17, 15) is 9.59 Å². The summed E-state index contributed by atoms with van der Waals surface area (Å²) in [5, 5.41) is 16.5. The van der Waals surface area contributed by atoms with E-state index in [0.717, 1.165) is 0 Å². The molecule has 0 aliphatic heterocycles. The van der Waals surface area contributed by atoms with Crippen LogP contribution in [0, 0.1) is 11.8 Å². The number of aliphatic hydroxyl groups is 1. The van der Waals surface area contributed by atoms with Crippen LogP contribution in [-0.4, -0.2) is 45.8 Å². The highest BCUT2D eigenvalue weighted by Crippen LogP contribution is 2.27. The van der Waals surface area contributed by atoms with Crippen LogP contribution in [0.15, 0.2) is 0 Å². The van der Waals surface area contributed by atoms with E-state index in [4.69, 9.17) is 32.3 Å². The fourth-order valence-corrected chi connectivity index (χ4v) is 1.75. The van der Waals surface area contributed by atoms with Gasteiger partial charge in [-0.15, -0.1) is 11.6 Å². The maximum Gasteiger partial charge on any atom is 0.326 e. The van der Waals surface area contributed by atoms with Crippen molar-refractivity contribution in [1.82, 2.24) is 6.15 Å². The van der Waals surface area contributed by atoms with E-state index in [1.54, 1.807) is 13.8 Å². The maximum absolute atomic E-state index is 11.2. The first-order chi connectivity index (χ1) is 11.4. The number of hydrogen-bond acceptors (Lipinski definition) is 6. The number of carbonyl (C=O) groups excluding carboxylic acids is 1. The van der Waals surface area contributed by atoms with E-state index in [1.807, 2.05) is 0 Å². The van der Waals surface area contributed by atoms with Gasteiger partial charge in [0.25, 0.3) is 0 Å². The summed E-state index contributed by atoms with van der Waals surface area (Å²) in [7, 11) is 0. The molecule has 0 aromatic carbocycles. The Hall–Kier alpha value is -0.890. The van der Waals surface area contributed by atoms with Gasteiger partial charge >= 0.3 is 11.9 Å². The quantitative estimate of drug-likeness (QED) is 0.412. The molecule has 2 saturated carbocycles. The van der Waals surface area contributed by atoms with Gasteiger partial charge in [0.2, 0.25) is 0 Å². The highest BCUT2D eigenvalue weighted by molar-refractivity contribution is 6.33. The predicted molar refractivity (Wildman–Crippen MR) is 104 cm³/mol. The van der Waals surface area contributed by atoms with Crippen molar-refractivity contribution in [3.05, 3.63) is 0 Å². The molecule has 26 heavy (non-hydrogen) atoms. The van der Waals surface area contributed by atoms with Crippen molar-refractivity contribution in [2.24, 2.45) is 17.6 Å². The lowest BCUT2D eigenvalue weighted by Crippen LogP contribution is -2.41. The highest BCUT2D eigenvalue weighted by atomic mass is 35.5. The number of carbonyl (C=O) groups is 2. The number of ether oxygens (including phenoxy) is 1. The summed E-state index contributed by atoms with van der Waals surface area (Å²) in [5.41, 5.74) is 4.00. The minimum Gasteiger partial charge on any atom is -0.480 e. The van der Waals surface area contributed by atoms with Crippen molar-refractivity contribution in [1.29, 1.82) is 0 Å². The van der Waals surface area contributed by atoms with Gasteiger partial charge in [0.1, 0.15) is 10.4 Å². The van der Waals surface area contributed by atoms with Crippen molar-refractivity contribution in [3.63, 3.8) is 0 Å². The minimum absolute atomic E-state index is 0. The number of carboxylic acid groups (broad SMARTS) is 1. The van der Waals surface area contributed by atoms with Gasteiger partial charge in [-0.25, -0.2) is 0 Å². The molecule has 2 aliphatic carbocycles. The monoisotopic (exact) mass is 396 g/mol. The topological polar surface area (TPSA) is 145 Å². The van der Waals surface area contributed by atoms with Gasteiger partial charge in [0, 0.05) is 6.61 Å². The number of halogens is 1. The third kappa shape index (κ3) is 12.5. The zero-order chi connectivity index (χ0) is 19.7. The summed E-state index contributed by atoms with van der Waals surface area (Å²) in [6.07, 6.45) is 7.51. The number of nitrogens with two attached hydrogens (primary N) is 1. The first-order valence-electron chi connectivity index (χ1n) is 8.87. The third-order valence-corrected chi connectivity index (χ3v) is 4.35. The molecule has 0 amide bonds. The molecule has 0 aromatic rings. The molecule has 0 unspecified atom stereocenters. The molecule has 2 aliphatic rings.